The molecule has 0 atom stereocenters. The molecule has 2 rings (SSSR count). The van der Waals surface area contributed by atoms with Gasteiger partial charge >= 0.3 is 6.09 Å². The zero-order chi connectivity index (χ0) is 22.1. The highest BCUT2D eigenvalue weighted by molar-refractivity contribution is 6.04. The van der Waals surface area contributed by atoms with Gasteiger partial charge < -0.3 is 24.8 Å². The first kappa shape index (κ1) is 22.5. The molecule has 0 radical (unpaired) electrons. The first-order valence-electron chi connectivity index (χ1n) is 9.22. The molecular weight excluding hydrogens is 390 g/mol. The van der Waals surface area contributed by atoms with Crippen molar-refractivity contribution in [3.63, 3.8) is 0 Å². The number of hydrogen-bond donors (Lipinski definition) is 2. The molecule has 0 fully saturated rings. The van der Waals surface area contributed by atoms with Gasteiger partial charge in [0.15, 0.2) is 18.1 Å². The molecule has 9 nitrogen and oxygen atoms in total. The van der Waals surface area contributed by atoms with Crippen LogP contribution in [0.15, 0.2) is 42.5 Å². The largest absolute Gasteiger partial charge is 0.493 e. The predicted molar refractivity (Wildman–Crippen MR) is 112 cm³/mol. The number of carbonyl (C=O) groups is 3. The van der Waals surface area contributed by atoms with Gasteiger partial charge in [0.1, 0.15) is 0 Å². The summed E-state index contributed by atoms with van der Waals surface area (Å²) in [6.45, 7) is 1.86. The maximum Gasteiger partial charge on any atom is 0.413 e. The highest BCUT2D eigenvalue weighted by Crippen LogP contribution is 2.28. The normalized spacial score (nSPS) is 10.0. The molecule has 0 saturated carbocycles. The van der Waals surface area contributed by atoms with Gasteiger partial charge in [0, 0.05) is 31.0 Å². The molecule has 0 bridgehead atoms. The molecule has 0 spiro atoms. The standard InChI is InChI=1S/C21H25N3O6/c1-5-29-21(27)24(3)16-9-7-15(8-10-16)23-20(26)14-6-11-17(18(12-14)28-4)30-13-19(25)22-2/h6-12H,5,13H2,1-4H3,(H,22,25)(H,23,26). The van der Waals surface area contributed by atoms with E-state index in [1.165, 1.54) is 25.1 Å². The van der Waals surface area contributed by atoms with E-state index in [4.69, 9.17) is 14.2 Å². The van der Waals surface area contributed by atoms with Crippen molar-refractivity contribution in [2.45, 2.75) is 6.92 Å². The third kappa shape index (κ3) is 5.87. The number of carbonyl (C=O) groups excluding carboxylic acids is 3. The van der Waals surface area contributed by atoms with Crippen LogP contribution >= 0.6 is 0 Å². The van der Waals surface area contributed by atoms with Crippen LogP contribution in [-0.4, -0.2) is 52.3 Å². The van der Waals surface area contributed by atoms with Gasteiger partial charge in [0.25, 0.3) is 11.8 Å². The van der Waals surface area contributed by atoms with Crippen LogP contribution in [0.2, 0.25) is 0 Å². The van der Waals surface area contributed by atoms with E-state index in [0.29, 0.717) is 28.4 Å². The predicted octanol–water partition coefficient (Wildman–Crippen LogP) is 2.67. The van der Waals surface area contributed by atoms with Crippen molar-refractivity contribution in [3.05, 3.63) is 48.0 Å². The van der Waals surface area contributed by atoms with Crippen LogP contribution in [0.5, 0.6) is 11.5 Å². The summed E-state index contributed by atoms with van der Waals surface area (Å²) >= 11 is 0. The lowest BCUT2D eigenvalue weighted by Crippen LogP contribution is -2.26. The Balaban J connectivity index is 2.06. The molecule has 30 heavy (non-hydrogen) atoms. The number of nitrogens with one attached hydrogen (secondary N) is 2. The van der Waals surface area contributed by atoms with Crippen LogP contribution in [0, 0.1) is 0 Å². The maximum absolute atomic E-state index is 12.6. The summed E-state index contributed by atoms with van der Waals surface area (Å²) in [6, 6.07) is 11.4. The molecule has 160 valence electrons. The van der Waals surface area contributed by atoms with Crippen molar-refractivity contribution in [2.24, 2.45) is 0 Å². The molecule has 9 heteroatoms. The number of hydrogen-bond acceptors (Lipinski definition) is 6. The third-order valence-electron chi connectivity index (χ3n) is 4.12. The van der Waals surface area contributed by atoms with E-state index < -0.39 is 6.09 Å². The molecule has 0 aromatic heterocycles. The quantitative estimate of drug-likeness (QED) is 0.687. The third-order valence-corrected chi connectivity index (χ3v) is 4.12. The highest BCUT2D eigenvalue weighted by Gasteiger charge is 2.14. The van der Waals surface area contributed by atoms with Gasteiger partial charge in [-0.3, -0.25) is 14.5 Å². The highest BCUT2D eigenvalue weighted by atomic mass is 16.6. The Morgan fingerprint density at radius 1 is 1.03 bits per heavy atom. The number of likely N-dealkylation sites (N-methyl/N-ethyl adjacent to an activating group) is 1. The van der Waals surface area contributed by atoms with Crippen LogP contribution in [0.25, 0.3) is 0 Å². The van der Waals surface area contributed by atoms with E-state index in [1.807, 2.05) is 0 Å². The van der Waals surface area contributed by atoms with Crippen LogP contribution in [-0.2, 0) is 9.53 Å². The summed E-state index contributed by atoms with van der Waals surface area (Å²) in [5.74, 6) is 0.0514. The maximum atomic E-state index is 12.6. The minimum Gasteiger partial charge on any atom is -0.493 e. The van der Waals surface area contributed by atoms with Crippen LogP contribution in [0.1, 0.15) is 17.3 Å². The first-order chi connectivity index (χ1) is 14.4. The van der Waals surface area contributed by atoms with E-state index in [0.717, 1.165) is 0 Å². The average molecular weight is 415 g/mol. The van der Waals surface area contributed by atoms with Gasteiger partial charge in [-0.05, 0) is 49.4 Å². The fourth-order valence-electron chi connectivity index (χ4n) is 2.44. The van der Waals surface area contributed by atoms with Gasteiger partial charge in [0.2, 0.25) is 0 Å². The summed E-state index contributed by atoms with van der Waals surface area (Å²) in [4.78, 5) is 37.0. The Labute approximate surface area is 174 Å². The number of anilines is 2. The van der Waals surface area contributed by atoms with E-state index in [9.17, 15) is 14.4 Å². The van der Waals surface area contributed by atoms with Crippen molar-refractivity contribution < 1.29 is 28.6 Å². The second-order valence-electron chi connectivity index (χ2n) is 6.09. The number of methoxy groups -OCH3 is 1. The van der Waals surface area contributed by atoms with Crippen LogP contribution in [0.3, 0.4) is 0 Å². The first-order valence-corrected chi connectivity index (χ1v) is 9.22. The van der Waals surface area contributed by atoms with Gasteiger partial charge in [0.05, 0.1) is 13.7 Å². The molecule has 3 amide bonds. The average Bonchev–Trinajstić information content (AvgIpc) is 2.77. The summed E-state index contributed by atoms with van der Waals surface area (Å²) in [5.41, 5.74) is 1.54. The molecule has 2 N–H and O–H groups in total. The lowest BCUT2D eigenvalue weighted by Gasteiger charge is -2.17. The second kappa shape index (κ2) is 10.7. The Hall–Kier alpha value is -3.75. The van der Waals surface area contributed by atoms with Gasteiger partial charge in [-0.15, -0.1) is 0 Å². The molecule has 0 aliphatic heterocycles. The molecule has 0 aliphatic carbocycles. The summed E-state index contributed by atoms with van der Waals surface area (Å²) < 4.78 is 15.6. The Bertz CT molecular complexity index is 898. The Kier molecular flexibility index (Phi) is 8.04. The summed E-state index contributed by atoms with van der Waals surface area (Å²) in [6.07, 6.45) is -0.458. The van der Waals surface area contributed by atoms with Gasteiger partial charge in [-0.2, -0.15) is 0 Å². The van der Waals surface area contributed by atoms with Gasteiger partial charge in [-0.1, -0.05) is 0 Å². The van der Waals surface area contributed by atoms with E-state index in [-0.39, 0.29) is 25.0 Å². The molecule has 0 unspecified atom stereocenters. The van der Waals surface area contributed by atoms with Crippen LogP contribution < -0.4 is 25.0 Å². The summed E-state index contributed by atoms with van der Waals surface area (Å²) in [5, 5.41) is 5.23. The fraction of sp³-hybridized carbons (Fsp3) is 0.286. The number of benzene rings is 2. The van der Waals surface area contributed by atoms with Crippen molar-refractivity contribution >= 4 is 29.3 Å². The zero-order valence-electron chi connectivity index (χ0n) is 17.4. The van der Waals surface area contributed by atoms with Gasteiger partial charge in [-0.25, -0.2) is 4.79 Å². The SMILES string of the molecule is CCOC(=O)N(C)c1ccc(NC(=O)c2ccc(OCC(=O)NC)c(OC)c2)cc1. The lowest BCUT2D eigenvalue weighted by molar-refractivity contribution is -0.122. The molecule has 2 aromatic rings. The molecule has 0 aliphatic rings. The van der Waals surface area contributed by atoms with Crippen molar-refractivity contribution in [1.82, 2.24) is 5.32 Å². The topological polar surface area (TPSA) is 106 Å². The second-order valence-corrected chi connectivity index (χ2v) is 6.09. The van der Waals surface area contributed by atoms with Crippen molar-refractivity contribution in [2.75, 3.05) is 44.6 Å². The lowest BCUT2D eigenvalue weighted by atomic mass is 10.1. The smallest absolute Gasteiger partial charge is 0.413 e. The molecule has 0 saturated heterocycles. The number of amides is 3. The van der Waals surface area contributed by atoms with Crippen molar-refractivity contribution in [3.8, 4) is 11.5 Å². The number of ether oxygens (including phenoxy) is 3. The van der Waals surface area contributed by atoms with Crippen molar-refractivity contribution in [1.29, 1.82) is 0 Å². The Morgan fingerprint density at radius 2 is 1.73 bits per heavy atom. The van der Waals surface area contributed by atoms with E-state index in [2.05, 4.69) is 10.6 Å². The minimum absolute atomic E-state index is 0.162. The number of rotatable bonds is 8. The summed E-state index contributed by atoms with van der Waals surface area (Å²) in [7, 11) is 4.56. The van der Waals surface area contributed by atoms with E-state index in [1.54, 1.807) is 50.4 Å². The Morgan fingerprint density at radius 3 is 2.33 bits per heavy atom. The van der Waals surface area contributed by atoms with Crippen LogP contribution in [0.4, 0.5) is 16.2 Å². The van der Waals surface area contributed by atoms with E-state index >= 15 is 0 Å². The molecule has 2 aromatic carbocycles. The monoisotopic (exact) mass is 415 g/mol. The minimum atomic E-state index is -0.458. The number of nitrogens with zero attached hydrogens (tertiary/aromatic N) is 1. The molecular formula is C21H25N3O6. The molecule has 0 heterocycles. The fourth-order valence-corrected chi connectivity index (χ4v) is 2.44. The zero-order valence-corrected chi connectivity index (χ0v) is 17.4.